The van der Waals surface area contributed by atoms with E-state index in [0.717, 1.165) is 49.5 Å². The van der Waals surface area contributed by atoms with E-state index in [1.54, 1.807) is 0 Å². The molecular weight excluding hydrogens is 338 g/mol. The number of amides is 2. The normalized spacial score (nSPS) is 14.1. The maximum Gasteiger partial charge on any atom is 0.255 e. The van der Waals surface area contributed by atoms with Crippen LogP contribution in [-0.4, -0.2) is 42.9 Å². The predicted octanol–water partition coefficient (Wildman–Crippen LogP) is 3.70. The molecule has 1 N–H and O–H groups in total. The van der Waals surface area contributed by atoms with Crippen molar-refractivity contribution in [1.29, 1.82) is 0 Å². The van der Waals surface area contributed by atoms with E-state index in [1.807, 2.05) is 67.3 Å². The van der Waals surface area contributed by atoms with E-state index >= 15 is 0 Å². The number of carbonyl (C=O) groups is 2. The first-order valence-corrected chi connectivity index (χ1v) is 9.57. The van der Waals surface area contributed by atoms with Gasteiger partial charge in [-0.3, -0.25) is 9.59 Å². The van der Waals surface area contributed by atoms with Gasteiger partial charge < -0.3 is 15.1 Å². The first-order chi connectivity index (χ1) is 13.1. The maximum atomic E-state index is 12.3. The van der Waals surface area contributed by atoms with Gasteiger partial charge in [0.2, 0.25) is 5.91 Å². The van der Waals surface area contributed by atoms with Gasteiger partial charge >= 0.3 is 0 Å². The van der Waals surface area contributed by atoms with Crippen LogP contribution in [0.3, 0.4) is 0 Å². The van der Waals surface area contributed by atoms with Gasteiger partial charge in [-0.2, -0.15) is 0 Å². The van der Waals surface area contributed by atoms with Crippen LogP contribution in [0, 0.1) is 6.92 Å². The molecule has 0 spiro atoms. The minimum absolute atomic E-state index is 0.106. The van der Waals surface area contributed by atoms with E-state index in [2.05, 4.69) is 10.2 Å². The van der Waals surface area contributed by atoms with Gasteiger partial charge in [0.25, 0.3) is 5.91 Å². The fraction of sp³-hybridized carbons (Fsp3) is 0.364. The minimum atomic E-state index is -0.106. The van der Waals surface area contributed by atoms with Crippen molar-refractivity contribution in [3.8, 4) is 0 Å². The Bertz CT molecular complexity index is 776. The molecule has 0 aromatic heterocycles. The third kappa shape index (κ3) is 4.88. The van der Waals surface area contributed by atoms with Gasteiger partial charge in [-0.05, 0) is 49.7 Å². The first kappa shape index (κ1) is 19.0. The molecule has 0 saturated carbocycles. The number of anilines is 2. The van der Waals surface area contributed by atoms with E-state index in [-0.39, 0.29) is 11.8 Å². The Kier molecular flexibility index (Phi) is 6.12. The van der Waals surface area contributed by atoms with Crippen molar-refractivity contribution in [2.24, 2.45) is 0 Å². The van der Waals surface area contributed by atoms with Crippen LogP contribution in [0.15, 0.2) is 48.5 Å². The molecule has 2 amide bonds. The SMILES string of the molecule is CCCC(=O)N1CCN(c2ccc(NC(=O)c3ccc(C)cc3)cc2)CC1. The van der Waals surface area contributed by atoms with Crippen molar-refractivity contribution in [3.63, 3.8) is 0 Å². The Labute approximate surface area is 161 Å². The summed E-state index contributed by atoms with van der Waals surface area (Å²) >= 11 is 0. The lowest BCUT2D eigenvalue weighted by Gasteiger charge is -2.36. The summed E-state index contributed by atoms with van der Waals surface area (Å²) in [5, 5.41) is 2.93. The molecule has 0 bridgehead atoms. The van der Waals surface area contributed by atoms with Crippen molar-refractivity contribution in [3.05, 3.63) is 59.7 Å². The highest BCUT2D eigenvalue weighted by molar-refractivity contribution is 6.04. The lowest BCUT2D eigenvalue weighted by molar-refractivity contribution is -0.131. The summed E-state index contributed by atoms with van der Waals surface area (Å²) in [6, 6.07) is 15.4. The second-order valence-electron chi connectivity index (χ2n) is 6.98. The van der Waals surface area contributed by atoms with Crippen LogP contribution in [0.2, 0.25) is 0 Å². The molecule has 0 atom stereocenters. The van der Waals surface area contributed by atoms with Gasteiger partial charge in [0, 0.05) is 49.5 Å². The molecule has 2 aromatic carbocycles. The van der Waals surface area contributed by atoms with Gasteiger partial charge in [0.15, 0.2) is 0 Å². The molecule has 1 aliphatic rings. The van der Waals surface area contributed by atoms with E-state index in [4.69, 9.17) is 0 Å². The first-order valence-electron chi connectivity index (χ1n) is 9.57. The number of hydrogen-bond donors (Lipinski definition) is 1. The van der Waals surface area contributed by atoms with E-state index in [0.29, 0.717) is 12.0 Å². The van der Waals surface area contributed by atoms with Crippen molar-refractivity contribution >= 4 is 23.2 Å². The quantitative estimate of drug-likeness (QED) is 0.879. The lowest BCUT2D eigenvalue weighted by atomic mass is 10.1. The van der Waals surface area contributed by atoms with Crippen molar-refractivity contribution in [2.75, 3.05) is 36.4 Å². The average molecular weight is 365 g/mol. The van der Waals surface area contributed by atoms with Crippen LogP contribution >= 0.6 is 0 Å². The zero-order chi connectivity index (χ0) is 19.2. The van der Waals surface area contributed by atoms with Crippen LogP contribution in [-0.2, 0) is 4.79 Å². The molecule has 0 radical (unpaired) electrons. The summed E-state index contributed by atoms with van der Waals surface area (Å²) in [6.07, 6.45) is 1.53. The third-order valence-corrected chi connectivity index (χ3v) is 4.90. The van der Waals surface area contributed by atoms with Gasteiger partial charge in [0.1, 0.15) is 0 Å². The third-order valence-electron chi connectivity index (χ3n) is 4.90. The molecule has 0 unspecified atom stereocenters. The molecule has 142 valence electrons. The number of nitrogens with one attached hydrogen (secondary N) is 1. The molecule has 1 saturated heterocycles. The Morgan fingerprint density at radius 1 is 0.926 bits per heavy atom. The Balaban J connectivity index is 1.55. The smallest absolute Gasteiger partial charge is 0.255 e. The van der Waals surface area contributed by atoms with Gasteiger partial charge in [-0.1, -0.05) is 24.6 Å². The predicted molar refractivity (Wildman–Crippen MR) is 109 cm³/mol. The van der Waals surface area contributed by atoms with Crippen LogP contribution in [0.4, 0.5) is 11.4 Å². The molecule has 27 heavy (non-hydrogen) atoms. The Morgan fingerprint density at radius 3 is 2.15 bits per heavy atom. The molecule has 0 aliphatic carbocycles. The number of rotatable bonds is 5. The van der Waals surface area contributed by atoms with Crippen LogP contribution in [0.5, 0.6) is 0 Å². The van der Waals surface area contributed by atoms with Gasteiger partial charge in [-0.25, -0.2) is 0 Å². The van der Waals surface area contributed by atoms with Gasteiger partial charge in [0.05, 0.1) is 0 Å². The van der Waals surface area contributed by atoms with Crippen LogP contribution < -0.4 is 10.2 Å². The fourth-order valence-electron chi connectivity index (χ4n) is 3.25. The number of carbonyl (C=O) groups excluding carboxylic acids is 2. The van der Waals surface area contributed by atoms with E-state index in [9.17, 15) is 9.59 Å². The lowest BCUT2D eigenvalue weighted by Crippen LogP contribution is -2.48. The second kappa shape index (κ2) is 8.71. The van der Waals surface area contributed by atoms with Gasteiger partial charge in [-0.15, -0.1) is 0 Å². The fourth-order valence-corrected chi connectivity index (χ4v) is 3.25. The number of piperazine rings is 1. The molecule has 5 nitrogen and oxygen atoms in total. The zero-order valence-electron chi connectivity index (χ0n) is 16.1. The zero-order valence-corrected chi connectivity index (χ0v) is 16.1. The monoisotopic (exact) mass is 365 g/mol. The second-order valence-corrected chi connectivity index (χ2v) is 6.98. The molecule has 1 aliphatic heterocycles. The summed E-state index contributed by atoms with van der Waals surface area (Å²) in [5.74, 6) is 0.150. The maximum absolute atomic E-state index is 12.3. The highest BCUT2D eigenvalue weighted by Gasteiger charge is 2.20. The molecule has 5 heteroatoms. The number of aryl methyl sites for hydroxylation is 1. The van der Waals surface area contributed by atoms with E-state index in [1.165, 1.54) is 0 Å². The van der Waals surface area contributed by atoms with Crippen LogP contribution in [0.1, 0.15) is 35.7 Å². The molecule has 2 aromatic rings. The average Bonchev–Trinajstić information content (AvgIpc) is 2.69. The van der Waals surface area contributed by atoms with E-state index < -0.39 is 0 Å². The number of nitrogens with zero attached hydrogens (tertiary/aromatic N) is 2. The summed E-state index contributed by atoms with van der Waals surface area (Å²) < 4.78 is 0. The summed E-state index contributed by atoms with van der Waals surface area (Å²) in [6.45, 7) is 7.25. The standard InChI is InChI=1S/C22H27N3O2/c1-3-4-21(26)25-15-13-24(14-16-25)20-11-9-19(10-12-20)23-22(27)18-7-5-17(2)6-8-18/h5-12H,3-4,13-16H2,1-2H3,(H,23,27). The Hall–Kier alpha value is -2.82. The van der Waals surface area contributed by atoms with Crippen molar-refractivity contribution in [2.45, 2.75) is 26.7 Å². The van der Waals surface area contributed by atoms with Crippen LogP contribution in [0.25, 0.3) is 0 Å². The summed E-state index contributed by atoms with van der Waals surface area (Å²) in [4.78, 5) is 28.5. The molecular formula is C22H27N3O2. The highest BCUT2D eigenvalue weighted by Crippen LogP contribution is 2.20. The van der Waals surface area contributed by atoms with Crippen molar-refractivity contribution < 1.29 is 9.59 Å². The summed E-state index contributed by atoms with van der Waals surface area (Å²) in [5.41, 5.74) is 3.68. The largest absolute Gasteiger partial charge is 0.368 e. The number of hydrogen-bond acceptors (Lipinski definition) is 3. The summed E-state index contributed by atoms with van der Waals surface area (Å²) in [7, 11) is 0. The molecule has 1 heterocycles. The topological polar surface area (TPSA) is 52.7 Å². The molecule has 3 rings (SSSR count). The number of benzene rings is 2. The molecule has 1 fully saturated rings. The highest BCUT2D eigenvalue weighted by atomic mass is 16.2. The minimum Gasteiger partial charge on any atom is -0.368 e. The Morgan fingerprint density at radius 2 is 1.56 bits per heavy atom. The van der Waals surface area contributed by atoms with Crippen molar-refractivity contribution in [1.82, 2.24) is 4.90 Å².